The SMILES string of the molecule is CCN(CCCC(=O)ON1C(=O)CCC1=O)c1cc(O)c(-c2c3ccc(=[N+](C)C)cc-3oc3cc(N(C)C)ccc23)cc1OC. The molecule has 0 bridgehead atoms. The van der Waals surface area contributed by atoms with Crippen LogP contribution in [0.3, 0.4) is 0 Å². The second-order valence-corrected chi connectivity index (χ2v) is 11.4. The third-order valence-corrected chi connectivity index (χ3v) is 8.02. The molecular formula is C34H39N4O7+. The number of hydrogen-bond donors (Lipinski definition) is 1. The monoisotopic (exact) mass is 615 g/mol. The standard InChI is InChI=1S/C34H38N4O7/c1-7-37(16-8-9-33(42)45-38-31(40)14-15-32(38)41)26-20-27(39)25(19-30(26)43-6)34-23-12-10-21(35(2)3)17-28(23)44-29-18-22(36(4)5)11-13-24(29)34/h10-13,17-20H,7-9,14-16H2,1-6H3/p+1. The Labute approximate surface area is 261 Å². The van der Waals surface area contributed by atoms with E-state index in [0.29, 0.717) is 52.9 Å². The van der Waals surface area contributed by atoms with Crippen molar-refractivity contribution in [3.05, 3.63) is 53.9 Å². The first-order chi connectivity index (χ1) is 21.5. The van der Waals surface area contributed by atoms with Crippen molar-refractivity contribution in [3.8, 4) is 33.9 Å². The zero-order chi connectivity index (χ0) is 32.4. The molecule has 2 aliphatic heterocycles. The fourth-order valence-corrected chi connectivity index (χ4v) is 5.55. The van der Waals surface area contributed by atoms with Crippen molar-refractivity contribution in [2.75, 3.05) is 58.2 Å². The maximum Gasteiger partial charge on any atom is 0.333 e. The predicted octanol–water partition coefficient (Wildman–Crippen LogP) is 4.23. The molecular weight excluding hydrogens is 576 g/mol. The summed E-state index contributed by atoms with van der Waals surface area (Å²) in [5, 5.41) is 14.0. The Kier molecular flexibility index (Phi) is 8.99. The summed E-state index contributed by atoms with van der Waals surface area (Å²) in [4.78, 5) is 44.9. The number of rotatable bonds is 10. The van der Waals surface area contributed by atoms with Crippen LogP contribution in [0.5, 0.6) is 11.5 Å². The van der Waals surface area contributed by atoms with E-state index in [1.807, 2.05) is 92.0 Å². The largest absolute Gasteiger partial charge is 0.507 e. The molecule has 11 heteroatoms. The smallest absolute Gasteiger partial charge is 0.333 e. The van der Waals surface area contributed by atoms with Crippen molar-refractivity contribution in [2.24, 2.45) is 0 Å². The molecule has 2 amide bonds. The van der Waals surface area contributed by atoms with Crippen molar-refractivity contribution in [1.82, 2.24) is 9.64 Å². The quantitative estimate of drug-likeness (QED) is 0.159. The Morgan fingerprint density at radius 3 is 2.40 bits per heavy atom. The summed E-state index contributed by atoms with van der Waals surface area (Å²) in [6, 6.07) is 15.5. The van der Waals surface area contributed by atoms with Gasteiger partial charge in [-0.3, -0.25) is 9.59 Å². The van der Waals surface area contributed by atoms with Crippen molar-refractivity contribution >= 4 is 40.1 Å². The van der Waals surface area contributed by atoms with E-state index in [0.717, 1.165) is 27.6 Å². The minimum atomic E-state index is -0.650. The molecule has 45 heavy (non-hydrogen) atoms. The third kappa shape index (κ3) is 6.29. The summed E-state index contributed by atoms with van der Waals surface area (Å²) in [6.07, 6.45) is 0.501. The zero-order valence-corrected chi connectivity index (χ0v) is 26.5. The number of benzene rings is 3. The lowest BCUT2D eigenvalue weighted by molar-refractivity contribution is -0.197. The van der Waals surface area contributed by atoms with E-state index < -0.39 is 17.8 Å². The highest BCUT2D eigenvalue weighted by atomic mass is 16.7. The molecule has 1 fully saturated rings. The molecule has 2 aromatic rings. The Morgan fingerprint density at radius 1 is 1.02 bits per heavy atom. The number of hydroxylamine groups is 2. The molecule has 1 saturated heterocycles. The molecule has 0 aromatic heterocycles. The molecule has 1 N–H and O–H groups in total. The summed E-state index contributed by atoms with van der Waals surface area (Å²) in [6.45, 7) is 2.98. The van der Waals surface area contributed by atoms with Gasteiger partial charge in [0.05, 0.1) is 18.9 Å². The first-order valence-electron chi connectivity index (χ1n) is 14.9. The van der Waals surface area contributed by atoms with Gasteiger partial charge in [-0.25, -0.2) is 9.37 Å². The Balaban J connectivity index is 1.50. The number of nitrogens with zero attached hydrogens (tertiary/aromatic N) is 4. The maximum atomic E-state index is 12.3. The Bertz CT molecular complexity index is 1810. The average Bonchev–Trinajstić information content (AvgIpc) is 3.33. The van der Waals surface area contributed by atoms with Gasteiger partial charge in [0.1, 0.15) is 36.9 Å². The zero-order valence-electron chi connectivity index (χ0n) is 26.5. The van der Waals surface area contributed by atoms with Gasteiger partial charge < -0.3 is 28.9 Å². The number of carbonyl (C=O) groups excluding carboxylic acids is 3. The van der Waals surface area contributed by atoms with Gasteiger partial charge in [-0.15, -0.1) is 5.06 Å². The van der Waals surface area contributed by atoms with E-state index in [1.54, 1.807) is 13.2 Å². The molecule has 2 aromatic carbocycles. The van der Waals surface area contributed by atoms with E-state index in [-0.39, 0.29) is 25.0 Å². The first kappa shape index (κ1) is 31.4. The number of fused-ring (bicyclic) bond motifs is 2. The van der Waals surface area contributed by atoms with Crippen molar-refractivity contribution in [1.29, 1.82) is 0 Å². The highest BCUT2D eigenvalue weighted by Crippen LogP contribution is 2.47. The number of aromatic hydroxyl groups is 1. The number of hydrogen-bond acceptors (Lipinski definition) is 9. The molecule has 2 heterocycles. The van der Waals surface area contributed by atoms with E-state index in [9.17, 15) is 19.5 Å². The van der Waals surface area contributed by atoms with E-state index in [4.69, 9.17) is 14.0 Å². The van der Waals surface area contributed by atoms with Crippen LogP contribution in [0, 0.1) is 0 Å². The van der Waals surface area contributed by atoms with Crippen molar-refractivity contribution < 1.29 is 33.5 Å². The molecule has 0 spiro atoms. The van der Waals surface area contributed by atoms with Crippen LogP contribution in [-0.2, 0) is 19.2 Å². The van der Waals surface area contributed by atoms with E-state index in [1.165, 1.54) is 0 Å². The molecule has 1 aliphatic carbocycles. The number of imide groups is 1. The normalized spacial score (nSPS) is 13.1. The number of ether oxygens (including phenoxy) is 1. The highest BCUT2D eigenvalue weighted by molar-refractivity contribution is 6.04. The lowest BCUT2D eigenvalue weighted by atomic mass is 9.92. The van der Waals surface area contributed by atoms with E-state index >= 15 is 0 Å². The topological polar surface area (TPSA) is 116 Å². The second kappa shape index (κ2) is 12.9. The number of methoxy groups -OCH3 is 1. The fraction of sp³-hybridized carbons (Fsp3) is 0.353. The Hall–Kier alpha value is -5.06. The predicted molar refractivity (Wildman–Crippen MR) is 172 cm³/mol. The van der Waals surface area contributed by atoms with Gasteiger partial charge in [0.25, 0.3) is 11.8 Å². The second-order valence-electron chi connectivity index (χ2n) is 11.4. The minimum Gasteiger partial charge on any atom is -0.507 e. The van der Waals surface area contributed by atoms with Gasteiger partial charge in [-0.2, -0.15) is 0 Å². The number of carbonyl (C=O) groups is 3. The number of phenols is 1. The van der Waals surface area contributed by atoms with Gasteiger partial charge >= 0.3 is 5.97 Å². The van der Waals surface area contributed by atoms with Crippen LogP contribution in [0.1, 0.15) is 32.6 Å². The summed E-state index contributed by atoms with van der Waals surface area (Å²) in [7, 11) is 9.47. The van der Waals surface area contributed by atoms with Crippen LogP contribution in [-0.4, -0.2) is 76.3 Å². The lowest BCUT2D eigenvalue weighted by Crippen LogP contribution is -2.32. The average molecular weight is 616 g/mol. The maximum absolute atomic E-state index is 12.3. The molecule has 0 radical (unpaired) electrons. The molecule has 5 rings (SSSR count). The van der Waals surface area contributed by atoms with Crippen LogP contribution in [0.25, 0.3) is 33.4 Å². The number of anilines is 2. The van der Waals surface area contributed by atoms with Crippen LogP contribution >= 0.6 is 0 Å². The van der Waals surface area contributed by atoms with E-state index in [2.05, 4.69) is 0 Å². The highest BCUT2D eigenvalue weighted by Gasteiger charge is 2.32. The number of amides is 2. The van der Waals surface area contributed by atoms with Crippen molar-refractivity contribution in [3.63, 3.8) is 0 Å². The molecule has 0 atom stereocenters. The van der Waals surface area contributed by atoms with Gasteiger partial charge in [-0.05, 0) is 37.6 Å². The van der Waals surface area contributed by atoms with Crippen LogP contribution in [0.4, 0.5) is 11.4 Å². The van der Waals surface area contributed by atoms with Gasteiger partial charge in [0, 0.05) is 92.4 Å². The van der Waals surface area contributed by atoms with Gasteiger partial charge in [0.15, 0.2) is 0 Å². The van der Waals surface area contributed by atoms with Crippen LogP contribution in [0.2, 0.25) is 0 Å². The minimum absolute atomic E-state index is 0.00923. The van der Waals surface area contributed by atoms with Crippen LogP contribution in [0.15, 0.2) is 52.9 Å². The van der Waals surface area contributed by atoms with Crippen molar-refractivity contribution in [2.45, 2.75) is 32.6 Å². The summed E-state index contributed by atoms with van der Waals surface area (Å²) in [5.74, 6) is -0.362. The molecule has 3 aliphatic rings. The van der Waals surface area contributed by atoms with Gasteiger partial charge in [-0.1, -0.05) is 0 Å². The lowest BCUT2D eigenvalue weighted by Gasteiger charge is -2.26. The first-order valence-corrected chi connectivity index (χ1v) is 14.9. The number of phenolic OH excluding ortho intramolecular Hbond substituents is 1. The van der Waals surface area contributed by atoms with Gasteiger partial charge in [0.2, 0.25) is 5.36 Å². The third-order valence-electron chi connectivity index (χ3n) is 8.02. The van der Waals surface area contributed by atoms with Crippen LogP contribution < -0.4 is 24.5 Å². The Morgan fingerprint density at radius 2 is 1.76 bits per heavy atom. The summed E-state index contributed by atoms with van der Waals surface area (Å²) >= 11 is 0. The fourth-order valence-electron chi connectivity index (χ4n) is 5.55. The summed E-state index contributed by atoms with van der Waals surface area (Å²) in [5.41, 5.74) is 4.59. The summed E-state index contributed by atoms with van der Waals surface area (Å²) < 4.78 is 14.3. The molecule has 236 valence electrons. The molecule has 11 nitrogen and oxygen atoms in total. The molecule has 0 unspecified atom stereocenters. The molecule has 0 saturated carbocycles.